The van der Waals surface area contributed by atoms with Gasteiger partial charge in [0.1, 0.15) is 5.75 Å². The highest BCUT2D eigenvalue weighted by Gasteiger charge is 2.02. The number of hydrogen-bond donors (Lipinski definition) is 0. The molecule has 19 heavy (non-hydrogen) atoms. The topological polar surface area (TPSA) is 9.23 Å². The molecule has 0 fully saturated rings. The maximum absolute atomic E-state index is 5.62. The van der Waals surface area contributed by atoms with E-state index in [-0.39, 0.29) is 0 Å². The Bertz CT molecular complexity index is 523. The second-order valence-corrected chi connectivity index (χ2v) is 6.26. The van der Waals surface area contributed by atoms with Gasteiger partial charge in [0.15, 0.2) is 0 Å². The molecule has 0 aromatic heterocycles. The first-order chi connectivity index (χ1) is 9.28. The SMILES string of the molecule is CSc1ccc(OC(=S)SCc2ccccc2)cc1. The van der Waals surface area contributed by atoms with Crippen LogP contribution in [0.2, 0.25) is 0 Å². The molecule has 0 aliphatic carbocycles. The van der Waals surface area contributed by atoms with E-state index in [9.17, 15) is 0 Å². The van der Waals surface area contributed by atoms with Crippen molar-refractivity contribution in [2.75, 3.05) is 6.26 Å². The van der Waals surface area contributed by atoms with Crippen LogP contribution < -0.4 is 4.74 Å². The molecular weight excluding hydrogens is 292 g/mol. The van der Waals surface area contributed by atoms with Crippen molar-refractivity contribution in [2.45, 2.75) is 10.6 Å². The molecule has 0 atom stereocenters. The van der Waals surface area contributed by atoms with E-state index in [1.54, 1.807) is 11.8 Å². The van der Waals surface area contributed by atoms with Gasteiger partial charge in [-0.1, -0.05) is 42.1 Å². The molecule has 0 saturated carbocycles. The predicted octanol–water partition coefficient (Wildman–Crippen LogP) is 5.01. The van der Waals surface area contributed by atoms with E-state index in [1.165, 1.54) is 22.2 Å². The van der Waals surface area contributed by atoms with Crippen molar-refractivity contribution in [3.8, 4) is 5.75 Å². The van der Waals surface area contributed by atoms with Crippen LogP contribution in [0.5, 0.6) is 5.75 Å². The molecule has 0 unspecified atom stereocenters. The Kier molecular flexibility index (Phi) is 5.76. The lowest BCUT2D eigenvalue weighted by Crippen LogP contribution is -2.00. The summed E-state index contributed by atoms with van der Waals surface area (Å²) in [4.78, 5) is 1.22. The van der Waals surface area contributed by atoms with Gasteiger partial charge in [0, 0.05) is 10.6 Å². The van der Waals surface area contributed by atoms with Crippen molar-refractivity contribution in [1.82, 2.24) is 0 Å². The van der Waals surface area contributed by atoms with E-state index in [2.05, 4.69) is 18.4 Å². The van der Waals surface area contributed by atoms with Crippen LogP contribution in [0.4, 0.5) is 0 Å². The van der Waals surface area contributed by atoms with Crippen LogP contribution in [0.15, 0.2) is 59.5 Å². The first-order valence-corrected chi connectivity index (χ1v) is 8.42. The first kappa shape index (κ1) is 14.4. The average molecular weight is 306 g/mol. The van der Waals surface area contributed by atoms with Gasteiger partial charge in [0.05, 0.1) is 0 Å². The Morgan fingerprint density at radius 3 is 2.37 bits per heavy atom. The third-order valence-corrected chi connectivity index (χ3v) is 4.44. The van der Waals surface area contributed by atoms with Crippen LogP contribution in [0, 0.1) is 0 Å². The Hall–Kier alpha value is -0.970. The standard InChI is InChI=1S/C15H14OS3/c1-18-14-9-7-13(8-10-14)16-15(17)19-11-12-5-3-2-4-6-12/h2-10H,11H2,1H3. The van der Waals surface area contributed by atoms with Gasteiger partial charge in [-0.25, -0.2) is 0 Å². The van der Waals surface area contributed by atoms with Crippen LogP contribution in [0.25, 0.3) is 0 Å². The monoisotopic (exact) mass is 306 g/mol. The molecule has 1 nitrogen and oxygen atoms in total. The van der Waals surface area contributed by atoms with E-state index in [0.29, 0.717) is 4.38 Å². The highest BCUT2D eigenvalue weighted by molar-refractivity contribution is 8.22. The second kappa shape index (κ2) is 7.58. The minimum absolute atomic E-state index is 0.556. The summed E-state index contributed by atoms with van der Waals surface area (Å²) in [7, 11) is 0. The number of thioether (sulfide) groups is 2. The lowest BCUT2D eigenvalue weighted by atomic mass is 10.2. The van der Waals surface area contributed by atoms with E-state index in [0.717, 1.165) is 11.5 Å². The van der Waals surface area contributed by atoms with E-state index < -0.39 is 0 Å². The fourth-order valence-electron chi connectivity index (χ4n) is 1.49. The number of hydrogen-bond acceptors (Lipinski definition) is 4. The molecule has 0 radical (unpaired) electrons. The molecular formula is C15H14OS3. The molecule has 2 aromatic carbocycles. The molecule has 98 valence electrons. The van der Waals surface area contributed by atoms with E-state index in [1.807, 2.05) is 42.5 Å². The van der Waals surface area contributed by atoms with Gasteiger partial charge in [-0.2, -0.15) is 0 Å². The van der Waals surface area contributed by atoms with E-state index >= 15 is 0 Å². The second-order valence-electron chi connectivity index (χ2n) is 3.80. The minimum Gasteiger partial charge on any atom is -0.440 e. The molecule has 0 saturated heterocycles. The molecule has 0 bridgehead atoms. The van der Waals surface area contributed by atoms with Gasteiger partial charge >= 0.3 is 0 Å². The van der Waals surface area contributed by atoms with Gasteiger partial charge in [-0.3, -0.25) is 0 Å². The number of benzene rings is 2. The first-order valence-electron chi connectivity index (χ1n) is 5.80. The minimum atomic E-state index is 0.556. The Labute approximate surface area is 127 Å². The summed E-state index contributed by atoms with van der Waals surface area (Å²) in [6, 6.07) is 18.2. The maximum atomic E-state index is 5.62. The van der Waals surface area contributed by atoms with E-state index in [4.69, 9.17) is 17.0 Å². The third kappa shape index (κ3) is 4.90. The maximum Gasteiger partial charge on any atom is 0.226 e. The van der Waals surface area contributed by atoms with Gasteiger partial charge in [0.2, 0.25) is 4.38 Å². The van der Waals surface area contributed by atoms with Crippen LogP contribution in [0.1, 0.15) is 5.56 Å². The van der Waals surface area contributed by atoms with Crippen molar-refractivity contribution >= 4 is 40.1 Å². The van der Waals surface area contributed by atoms with Gasteiger partial charge < -0.3 is 4.74 Å². The lowest BCUT2D eigenvalue weighted by Gasteiger charge is -2.07. The molecule has 0 amide bonds. The fraction of sp³-hybridized carbons (Fsp3) is 0.133. The molecule has 0 aliphatic heterocycles. The zero-order valence-corrected chi connectivity index (χ0v) is 13.0. The van der Waals surface area contributed by atoms with Crippen LogP contribution >= 0.6 is 35.7 Å². The van der Waals surface area contributed by atoms with Crippen molar-refractivity contribution in [3.05, 3.63) is 60.2 Å². The quantitative estimate of drug-likeness (QED) is 0.580. The molecule has 0 aliphatic rings. The van der Waals surface area contributed by atoms with Crippen molar-refractivity contribution < 1.29 is 4.74 Å². The summed E-state index contributed by atoms with van der Waals surface area (Å²) in [5.41, 5.74) is 1.25. The molecule has 2 rings (SSSR count). The zero-order valence-electron chi connectivity index (χ0n) is 10.5. The zero-order chi connectivity index (χ0) is 13.5. The molecule has 0 spiro atoms. The smallest absolute Gasteiger partial charge is 0.226 e. The molecule has 0 N–H and O–H groups in total. The summed E-state index contributed by atoms with van der Waals surface area (Å²) in [6.07, 6.45) is 2.05. The van der Waals surface area contributed by atoms with Gasteiger partial charge in [-0.15, -0.1) is 11.8 Å². The summed E-state index contributed by atoms with van der Waals surface area (Å²) >= 11 is 8.48. The molecule has 4 heteroatoms. The fourth-order valence-corrected chi connectivity index (χ4v) is 2.80. The Balaban J connectivity index is 1.83. The summed E-state index contributed by atoms with van der Waals surface area (Å²) in [6.45, 7) is 0. The Morgan fingerprint density at radius 2 is 1.74 bits per heavy atom. The third-order valence-electron chi connectivity index (χ3n) is 2.46. The molecule has 0 heterocycles. The average Bonchev–Trinajstić information content (AvgIpc) is 2.47. The summed E-state index contributed by atoms with van der Waals surface area (Å²) < 4.78 is 6.18. The molecule has 2 aromatic rings. The predicted molar refractivity (Wildman–Crippen MR) is 89.2 cm³/mol. The van der Waals surface area contributed by atoms with Crippen molar-refractivity contribution in [3.63, 3.8) is 0 Å². The number of rotatable bonds is 4. The normalized spacial score (nSPS) is 10.2. The van der Waals surface area contributed by atoms with Crippen LogP contribution in [-0.2, 0) is 5.75 Å². The highest BCUT2D eigenvalue weighted by Crippen LogP contribution is 2.22. The highest BCUT2D eigenvalue weighted by atomic mass is 32.2. The van der Waals surface area contributed by atoms with Crippen molar-refractivity contribution in [2.24, 2.45) is 0 Å². The Morgan fingerprint density at radius 1 is 1.05 bits per heavy atom. The lowest BCUT2D eigenvalue weighted by molar-refractivity contribution is 0.578. The van der Waals surface area contributed by atoms with Crippen molar-refractivity contribution in [1.29, 1.82) is 0 Å². The van der Waals surface area contributed by atoms with Crippen LogP contribution in [-0.4, -0.2) is 10.6 Å². The summed E-state index contributed by atoms with van der Waals surface area (Å²) in [5.74, 6) is 1.63. The number of thiocarbonyl (C=S) groups is 1. The summed E-state index contributed by atoms with van der Waals surface area (Å²) in [5, 5.41) is 0. The number of ether oxygens (including phenoxy) is 1. The van der Waals surface area contributed by atoms with Gasteiger partial charge in [-0.05, 0) is 48.3 Å². The largest absolute Gasteiger partial charge is 0.440 e. The van der Waals surface area contributed by atoms with Crippen LogP contribution in [0.3, 0.4) is 0 Å². The van der Waals surface area contributed by atoms with Gasteiger partial charge in [0.25, 0.3) is 0 Å².